The van der Waals surface area contributed by atoms with Gasteiger partial charge in [0.1, 0.15) is 5.75 Å². The molecule has 1 atom stereocenters. The van der Waals surface area contributed by atoms with Crippen LogP contribution < -0.4 is 15.4 Å². The predicted octanol–water partition coefficient (Wildman–Crippen LogP) is 1.91. The Labute approximate surface area is 150 Å². The summed E-state index contributed by atoms with van der Waals surface area (Å²) in [6.07, 6.45) is 0. The van der Waals surface area contributed by atoms with Gasteiger partial charge in [0.2, 0.25) is 5.91 Å². The van der Waals surface area contributed by atoms with Gasteiger partial charge in [-0.1, -0.05) is 11.8 Å². The van der Waals surface area contributed by atoms with E-state index in [1.165, 1.54) is 18.8 Å². The number of rotatable bonds is 6. The van der Waals surface area contributed by atoms with E-state index in [-0.39, 0.29) is 5.91 Å². The molecule has 2 aromatic rings. The fourth-order valence-corrected chi connectivity index (χ4v) is 3.02. The molecular weight excluding hydrogens is 342 g/mol. The smallest absolute Gasteiger partial charge is 0.321 e. The number of ether oxygens (including phenoxy) is 1. The van der Waals surface area contributed by atoms with Gasteiger partial charge < -0.3 is 14.6 Å². The Morgan fingerprint density at radius 2 is 1.96 bits per heavy atom. The van der Waals surface area contributed by atoms with E-state index in [0.717, 1.165) is 11.3 Å². The summed E-state index contributed by atoms with van der Waals surface area (Å²) in [5.74, 6) is 1.09. The maximum atomic E-state index is 12.0. The minimum Gasteiger partial charge on any atom is -0.497 e. The van der Waals surface area contributed by atoms with Crippen LogP contribution in [0.2, 0.25) is 0 Å². The minimum atomic E-state index is -0.534. The molecule has 0 saturated carbocycles. The number of urea groups is 1. The second kappa shape index (κ2) is 8.52. The Hall–Kier alpha value is -2.55. The van der Waals surface area contributed by atoms with Crippen molar-refractivity contribution < 1.29 is 14.3 Å². The highest BCUT2D eigenvalue weighted by Gasteiger charge is 2.21. The minimum absolute atomic E-state index is 0.388. The number of hydrogen-bond donors (Lipinski definition) is 2. The first-order valence-electron chi connectivity index (χ1n) is 7.77. The van der Waals surface area contributed by atoms with Crippen molar-refractivity contribution >= 4 is 23.7 Å². The SMILES string of the molecule is CCn1c(S[C@H](C)C(=O)NC(=O)NC)nnc1-c1ccc(OC)cc1. The molecule has 0 aliphatic carbocycles. The summed E-state index contributed by atoms with van der Waals surface area (Å²) in [4.78, 5) is 23.2. The average molecular weight is 363 g/mol. The van der Waals surface area contributed by atoms with Crippen molar-refractivity contribution in [2.24, 2.45) is 0 Å². The van der Waals surface area contributed by atoms with E-state index in [4.69, 9.17) is 4.74 Å². The molecule has 0 bridgehead atoms. The molecule has 0 fully saturated rings. The van der Waals surface area contributed by atoms with E-state index < -0.39 is 11.3 Å². The summed E-state index contributed by atoms with van der Waals surface area (Å²) in [6.45, 7) is 4.35. The second-order valence-corrected chi connectivity index (χ2v) is 6.42. The molecule has 2 N–H and O–H groups in total. The summed E-state index contributed by atoms with van der Waals surface area (Å²) in [5, 5.41) is 13.2. The molecular formula is C16H21N5O3S. The van der Waals surface area contributed by atoms with E-state index in [0.29, 0.717) is 17.5 Å². The second-order valence-electron chi connectivity index (χ2n) is 5.11. The first-order valence-corrected chi connectivity index (χ1v) is 8.65. The molecule has 1 aromatic carbocycles. The van der Waals surface area contributed by atoms with Crippen LogP contribution >= 0.6 is 11.8 Å². The fraction of sp³-hybridized carbons (Fsp3) is 0.375. The van der Waals surface area contributed by atoms with Gasteiger partial charge in [-0.15, -0.1) is 10.2 Å². The van der Waals surface area contributed by atoms with Gasteiger partial charge in [-0.25, -0.2) is 4.79 Å². The Bertz CT molecular complexity index is 745. The Balaban J connectivity index is 2.18. The van der Waals surface area contributed by atoms with Crippen LogP contribution in [-0.2, 0) is 11.3 Å². The molecule has 9 heteroatoms. The van der Waals surface area contributed by atoms with Crippen molar-refractivity contribution in [3.63, 3.8) is 0 Å². The number of methoxy groups -OCH3 is 1. The highest BCUT2D eigenvalue weighted by atomic mass is 32.2. The van der Waals surface area contributed by atoms with E-state index in [1.54, 1.807) is 14.0 Å². The molecule has 0 spiro atoms. The Kier molecular flexibility index (Phi) is 6.40. The normalized spacial score (nSPS) is 11.7. The number of nitrogens with zero attached hydrogens (tertiary/aromatic N) is 3. The predicted molar refractivity (Wildman–Crippen MR) is 95.6 cm³/mol. The number of hydrogen-bond acceptors (Lipinski definition) is 6. The van der Waals surface area contributed by atoms with Crippen molar-refractivity contribution in [3.05, 3.63) is 24.3 Å². The van der Waals surface area contributed by atoms with Crippen molar-refractivity contribution in [2.45, 2.75) is 30.8 Å². The van der Waals surface area contributed by atoms with Crippen LogP contribution in [-0.4, -0.2) is 46.1 Å². The van der Waals surface area contributed by atoms with Gasteiger partial charge in [-0.2, -0.15) is 0 Å². The molecule has 134 valence electrons. The molecule has 0 aliphatic heterocycles. The average Bonchev–Trinajstić information content (AvgIpc) is 3.03. The molecule has 0 aliphatic rings. The van der Waals surface area contributed by atoms with E-state index >= 15 is 0 Å². The third-order valence-electron chi connectivity index (χ3n) is 3.50. The lowest BCUT2D eigenvalue weighted by molar-refractivity contribution is -0.119. The van der Waals surface area contributed by atoms with E-state index in [1.807, 2.05) is 35.8 Å². The highest BCUT2D eigenvalue weighted by Crippen LogP contribution is 2.27. The van der Waals surface area contributed by atoms with Crippen LogP contribution in [0.15, 0.2) is 29.4 Å². The van der Waals surface area contributed by atoms with Crippen LogP contribution in [0.25, 0.3) is 11.4 Å². The summed E-state index contributed by atoms with van der Waals surface area (Å²) in [7, 11) is 3.07. The summed E-state index contributed by atoms with van der Waals surface area (Å²) in [6, 6.07) is 7.00. The summed E-state index contributed by atoms with van der Waals surface area (Å²) < 4.78 is 7.09. The van der Waals surface area contributed by atoms with Crippen molar-refractivity contribution in [1.29, 1.82) is 0 Å². The van der Waals surface area contributed by atoms with Gasteiger partial charge >= 0.3 is 6.03 Å². The van der Waals surface area contributed by atoms with Gasteiger partial charge in [-0.05, 0) is 38.1 Å². The topological polar surface area (TPSA) is 98.1 Å². The lowest BCUT2D eigenvalue weighted by Gasteiger charge is -2.12. The third kappa shape index (κ3) is 4.50. The number of amides is 3. The van der Waals surface area contributed by atoms with E-state index in [2.05, 4.69) is 20.8 Å². The molecule has 1 heterocycles. The first kappa shape index (κ1) is 18.8. The number of benzene rings is 1. The highest BCUT2D eigenvalue weighted by molar-refractivity contribution is 8.00. The zero-order chi connectivity index (χ0) is 18.4. The molecule has 0 saturated heterocycles. The van der Waals surface area contributed by atoms with Crippen molar-refractivity contribution in [3.8, 4) is 17.1 Å². The van der Waals surface area contributed by atoms with Gasteiger partial charge in [0.05, 0.1) is 12.4 Å². The molecule has 25 heavy (non-hydrogen) atoms. The van der Waals surface area contributed by atoms with Gasteiger partial charge in [0.25, 0.3) is 0 Å². The molecule has 3 amide bonds. The Morgan fingerprint density at radius 3 is 2.52 bits per heavy atom. The van der Waals surface area contributed by atoms with Crippen LogP contribution in [0.1, 0.15) is 13.8 Å². The first-order chi connectivity index (χ1) is 12.0. The van der Waals surface area contributed by atoms with Crippen LogP contribution in [0.5, 0.6) is 5.75 Å². The quantitative estimate of drug-likeness (QED) is 0.761. The van der Waals surface area contributed by atoms with Crippen LogP contribution in [0, 0.1) is 0 Å². The van der Waals surface area contributed by atoms with Crippen LogP contribution in [0.4, 0.5) is 4.79 Å². The number of aromatic nitrogens is 3. The van der Waals surface area contributed by atoms with Crippen molar-refractivity contribution in [2.75, 3.05) is 14.2 Å². The number of thioether (sulfide) groups is 1. The lowest BCUT2D eigenvalue weighted by atomic mass is 10.2. The maximum absolute atomic E-state index is 12.0. The third-order valence-corrected chi connectivity index (χ3v) is 4.58. The molecule has 1 aromatic heterocycles. The largest absolute Gasteiger partial charge is 0.497 e. The van der Waals surface area contributed by atoms with Gasteiger partial charge in [0, 0.05) is 19.2 Å². The van der Waals surface area contributed by atoms with Gasteiger partial charge in [-0.3, -0.25) is 10.1 Å². The number of carbonyl (C=O) groups is 2. The monoisotopic (exact) mass is 363 g/mol. The molecule has 0 radical (unpaired) electrons. The molecule has 2 rings (SSSR count). The molecule has 0 unspecified atom stereocenters. The van der Waals surface area contributed by atoms with Crippen molar-refractivity contribution in [1.82, 2.24) is 25.4 Å². The maximum Gasteiger partial charge on any atom is 0.321 e. The van der Waals surface area contributed by atoms with Crippen LogP contribution in [0.3, 0.4) is 0 Å². The standard InChI is InChI=1S/C16H21N5O3S/c1-5-21-13(11-6-8-12(24-4)9-7-11)19-20-16(21)25-10(2)14(22)18-15(23)17-3/h6-10H,5H2,1-4H3,(H2,17,18,22,23)/t10-/m1/s1. The van der Waals surface area contributed by atoms with Gasteiger partial charge in [0.15, 0.2) is 11.0 Å². The van der Waals surface area contributed by atoms with E-state index in [9.17, 15) is 9.59 Å². The number of carbonyl (C=O) groups excluding carboxylic acids is 2. The summed E-state index contributed by atoms with van der Waals surface area (Å²) in [5.41, 5.74) is 0.907. The number of imide groups is 1. The fourth-order valence-electron chi connectivity index (χ4n) is 2.10. The zero-order valence-electron chi connectivity index (χ0n) is 14.6. The zero-order valence-corrected chi connectivity index (χ0v) is 15.4. The number of nitrogens with one attached hydrogen (secondary N) is 2. The Morgan fingerprint density at radius 1 is 1.28 bits per heavy atom. The molecule has 8 nitrogen and oxygen atoms in total. The lowest BCUT2D eigenvalue weighted by Crippen LogP contribution is -2.41. The summed E-state index contributed by atoms with van der Waals surface area (Å²) >= 11 is 1.25.